The van der Waals surface area contributed by atoms with Crippen molar-refractivity contribution in [2.45, 2.75) is 66.6 Å². The van der Waals surface area contributed by atoms with E-state index in [-0.39, 0.29) is 29.9 Å². The Hall–Kier alpha value is -1.06. The van der Waals surface area contributed by atoms with E-state index in [2.05, 4.69) is 0 Å². The standard InChI is InChI=1S/C14H26O4/c1-9(2)12(15)17-11(5)8-14(6,7)18-13(16)10(3)4/h9-11H,8H2,1-7H3. The molecule has 0 aliphatic carbocycles. The minimum absolute atomic E-state index is 0.145. The molecule has 0 aromatic heterocycles. The zero-order valence-corrected chi connectivity index (χ0v) is 12.6. The third kappa shape index (κ3) is 6.62. The summed E-state index contributed by atoms with van der Waals surface area (Å²) in [6.45, 7) is 12.6. The first-order valence-corrected chi connectivity index (χ1v) is 6.48. The van der Waals surface area contributed by atoms with Gasteiger partial charge in [-0.15, -0.1) is 0 Å². The number of ether oxygens (including phenoxy) is 2. The Labute approximate surface area is 110 Å². The van der Waals surface area contributed by atoms with Gasteiger partial charge in [-0.2, -0.15) is 0 Å². The molecule has 0 aliphatic rings. The van der Waals surface area contributed by atoms with Crippen LogP contribution >= 0.6 is 0 Å². The molecule has 0 bridgehead atoms. The minimum Gasteiger partial charge on any atom is -0.462 e. The van der Waals surface area contributed by atoms with E-state index in [1.165, 1.54) is 0 Å². The minimum atomic E-state index is -0.627. The highest BCUT2D eigenvalue weighted by Crippen LogP contribution is 2.20. The number of carbonyl (C=O) groups excluding carboxylic acids is 2. The number of rotatable bonds is 6. The topological polar surface area (TPSA) is 52.6 Å². The zero-order valence-electron chi connectivity index (χ0n) is 12.6. The first-order chi connectivity index (χ1) is 8.05. The predicted molar refractivity (Wildman–Crippen MR) is 70.0 cm³/mol. The van der Waals surface area contributed by atoms with E-state index in [4.69, 9.17) is 9.47 Å². The van der Waals surface area contributed by atoms with Crippen LogP contribution in [0.4, 0.5) is 0 Å². The summed E-state index contributed by atoms with van der Waals surface area (Å²) in [5.41, 5.74) is -0.627. The van der Waals surface area contributed by atoms with Crippen LogP contribution < -0.4 is 0 Å². The molecule has 0 aromatic rings. The van der Waals surface area contributed by atoms with Gasteiger partial charge in [0, 0.05) is 6.42 Å². The fourth-order valence-electron chi connectivity index (χ4n) is 1.50. The van der Waals surface area contributed by atoms with Gasteiger partial charge in [-0.1, -0.05) is 27.7 Å². The van der Waals surface area contributed by atoms with Crippen molar-refractivity contribution in [3.63, 3.8) is 0 Å². The second kappa shape index (κ2) is 6.76. The van der Waals surface area contributed by atoms with Crippen molar-refractivity contribution in [2.75, 3.05) is 0 Å². The van der Waals surface area contributed by atoms with Crippen molar-refractivity contribution >= 4 is 11.9 Å². The normalized spacial score (nSPS) is 13.6. The number of esters is 2. The molecular weight excluding hydrogens is 232 g/mol. The van der Waals surface area contributed by atoms with E-state index in [1.54, 1.807) is 27.7 Å². The molecule has 0 saturated carbocycles. The molecule has 0 N–H and O–H groups in total. The maximum Gasteiger partial charge on any atom is 0.308 e. The van der Waals surface area contributed by atoms with Crippen molar-refractivity contribution in [1.29, 1.82) is 0 Å². The number of hydrogen-bond donors (Lipinski definition) is 0. The number of carbonyl (C=O) groups is 2. The second-order valence-corrected chi connectivity index (χ2v) is 5.94. The first kappa shape index (κ1) is 16.9. The molecule has 0 rings (SSSR count). The largest absolute Gasteiger partial charge is 0.462 e. The van der Waals surface area contributed by atoms with Crippen LogP contribution in [-0.2, 0) is 19.1 Å². The van der Waals surface area contributed by atoms with Crippen LogP contribution in [0.25, 0.3) is 0 Å². The second-order valence-electron chi connectivity index (χ2n) is 5.94. The molecule has 0 aliphatic heterocycles. The van der Waals surface area contributed by atoms with E-state index in [1.807, 2.05) is 20.8 Å². The van der Waals surface area contributed by atoms with Crippen LogP contribution in [0.1, 0.15) is 54.9 Å². The zero-order chi connectivity index (χ0) is 14.5. The molecule has 0 saturated heterocycles. The van der Waals surface area contributed by atoms with Crippen LogP contribution in [0.2, 0.25) is 0 Å². The lowest BCUT2D eigenvalue weighted by Crippen LogP contribution is -2.35. The van der Waals surface area contributed by atoms with Crippen LogP contribution in [0, 0.1) is 11.8 Å². The third-order valence-electron chi connectivity index (χ3n) is 2.42. The summed E-state index contributed by atoms with van der Waals surface area (Å²) in [5, 5.41) is 0. The van der Waals surface area contributed by atoms with E-state index < -0.39 is 5.60 Å². The Kier molecular flexibility index (Phi) is 6.36. The van der Waals surface area contributed by atoms with Gasteiger partial charge in [0.15, 0.2) is 0 Å². The van der Waals surface area contributed by atoms with Crippen LogP contribution in [0.3, 0.4) is 0 Å². The predicted octanol–water partition coefficient (Wildman–Crippen LogP) is 2.94. The average Bonchev–Trinajstić information content (AvgIpc) is 2.14. The van der Waals surface area contributed by atoms with Gasteiger partial charge in [-0.25, -0.2) is 0 Å². The molecule has 4 heteroatoms. The van der Waals surface area contributed by atoms with Crippen molar-refractivity contribution in [1.82, 2.24) is 0 Å². The van der Waals surface area contributed by atoms with Crippen LogP contribution in [0.5, 0.6) is 0 Å². The summed E-state index contributed by atoms with van der Waals surface area (Å²) in [5.74, 6) is -0.762. The number of hydrogen-bond acceptors (Lipinski definition) is 4. The van der Waals surface area contributed by atoms with E-state index in [0.717, 1.165) is 0 Å². The Morgan fingerprint density at radius 1 is 0.944 bits per heavy atom. The molecule has 0 aromatic carbocycles. The molecule has 0 fully saturated rings. The fourth-order valence-corrected chi connectivity index (χ4v) is 1.50. The molecule has 18 heavy (non-hydrogen) atoms. The maximum absolute atomic E-state index is 11.5. The van der Waals surface area contributed by atoms with E-state index in [0.29, 0.717) is 6.42 Å². The molecule has 0 radical (unpaired) electrons. The van der Waals surface area contributed by atoms with Crippen LogP contribution in [-0.4, -0.2) is 23.6 Å². The molecular formula is C14H26O4. The quantitative estimate of drug-likeness (QED) is 0.687. The molecule has 0 amide bonds. The lowest BCUT2D eigenvalue weighted by molar-refractivity contribution is -0.166. The summed E-state index contributed by atoms with van der Waals surface area (Å²) in [6, 6.07) is 0. The summed E-state index contributed by atoms with van der Waals surface area (Å²) < 4.78 is 10.6. The van der Waals surface area contributed by atoms with Gasteiger partial charge in [-0.05, 0) is 20.8 Å². The maximum atomic E-state index is 11.5. The molecule has 0 spiro atoms. The van der Waals surface area contributed by atoms with Crippen molar-refractivity contribution in [3.8, 4) is 0 Å². The molecule has 4 nitrogen and oxygen atoms in total. The summed E-state index contributed by atoms with van der Waals surface area (Å²) in [6.07, 6.45) is 0.221. The summed E-state index contributed by atoms with van der Waals surface area (Å²) in [7, 11) is 0. The van der Waals surface area contributed by atoms with Gasteiger partial charge in [-0.3, -0.25) is 9.59 Å². The molecule has 0 heterocycles. The van der Waals surface area contributed by atoms with Gasteiger partial charge in [0.05, 0.1) is 11.8 Å². The smallest absolute Gasteiger partial charge is 0.308 e. The molecule has 1 atom stereocenters. The van der Waals surface area contributed by atoms with Gasteiger partial charge in [0.1, 0.15) is 11.7 Å². The summed E-state index contributed by atoms with van der Waals surface area (Å²) in [4.78, 5) is 23.0. The Bertz CT molecular complexity index is 292. The lowest BCUT2D eigenvalue weighted by Gasteiger charge is -2.29. The highest BCUT2D eigenvalue weighted by Gasteiger charge is 2.28. The molecule has 1 unspecified atom stereocenters. The average molecular weight is 258 g/mol. The Morgan fingerprint density at radius 3 is 1.78 bits per heavy atom. The molecule has 106 valence electrons. The van der Waals surface area contributed by atoms with Gasteiger partial charge >= 0.3 is 11.9 Å². The van der Waals surface area contributed by atoms with Gasteiger partial charge < -0.3 is 9.47 Å². The van der Waals surface area contributed by atoms with Gasteiger partial charge in [0.25, 0.3) is 0 Å². The Morgan fingerprint density at radius 2 is 1.39 bits per heavy atom. The van der Waals surface area contributed by atoms with Gasteiger partial charge in [0.2, 0.25) is 0 Å². The highest BCUT2D eigenvalue weighted by molar-refractivity contribution is 5.72. The fraction of sp³-hybridized carbons (Fsp3) is 0.857. The van der Waals surface area contributed by atoms with Crippen LogP contribution in [0.15, 0.2) is 0 Å². The van der Waals surface area contributed by atoms with E-state index >= 15 is 0 Å². The van der Waals surface area contributed by atoms with Crippen molar-refractivity contribution in [3.05, 3.63) is 0 Å². The monoisotopic (exact) mass is 258 g/mol. The lowest BCUT2D eigenvalue weighted by atomic mass is 10.0. The highest BCUT2D eigenvalue weighted by atomic mass is 16.6. The SMILES string of the molecule is CC(CC(C)(C)OC(=O)C(C)C)OC(=O)C(C)C. The van der Waals surface area contributed by atoms with Crippen molar-refractivity contribution < 1.29 is 19.1 Å². The summed E-state index contributed by atoms with van der Waals surface area (Å²) >= 11 is 0. The first-order valence-electron chi connectivity index (χ1n) is 6.48. The van der Waals surface area contributed by atoms with Crippen molar-refractivity contribution in [2.24, 2.45) is 11.8 Å². The third-order valence-corrected chi connectivity index (χ3v) is 2.42. The Balaban J connectivity index is 4.31. The van der Waals surface area contributed by atoms with E-state index in [9.17, 15) is 9.59 Å².